The van der Waals surface area contributed by atoms with E-state index in [1.807, 2.05) is 84.9 Å². The van der Waals surface area contributed by atoms with E-state index in [9.17, 15) is 19.2 Å². The molecule has 10 heteroatoms. The van der Waals surface area contributed by atoms with Crippen molar-refractivity contribution in [2.24, 2.45) is 0 Å². The molecule has 10 nitrogen and oxygen atoms in total. The van der Waals surface area contributed by atoms with Crippen LogP contribution in [0.2, 0.25) is 0 Å². The molecule has 0 unspecified atom stereocenters. The molecule has 7 rings (SSSR count). The number of carbonyl (C=O) groups is 4. The molecule has 4 aromatic rings. The van der Waals surface area contributed by atoms with Crippen LogP contribution in [0, 0.1) is 0 Å². The van der Waals surface area contributed by atoms with E-state index in [2.05, 4.69) is 20.9 Å². The van der Waals surface area contributed by atoms with Crippen molar-refractivity contribution in [3.8, 4) is 16.9 Å². The Balaban J connectivity index is 1.15. The van der Waals surface area contributed by atoms with Gasteiger partial charge in [-0.05, 0) is 84.4 Å². The van der Waals surface area contributed by atoms with Crippen LogP contribution in [-0.4, -0.2) is 90.9 Å². The summed E-state index contributed by atoms with van der Waals surface area (Å²) in [5.41, 5.74) is 2.98. The molecule has 2 fully saturated rings. The Morgan fingerprint density at radius 2 is 1.60 bits per heavy atom. The summed E-state index contributed by atoms with van der Waals surface area (Å²) in [5.74, 6) is -0.259. The van der Waals surface area contributed by atoms with Gasteiger partial charge in [-0.2, -0.15) is 0 Å². The second-order valence-electron chi connectivity index (χ2n) is 13.5. The molecule has 0 radical (unpaired) electrons. The van der Waals surface area contributed by atoms with Gasteiger partial charge in [-0.3, -0.25) is 24.1 Å². The highest BCUT2D eigenvalue weighted by molar-refractivity contribution is 6.01. The molecule has 0 saturated carbocycles. The SMILES string of the molecule is O=C(CN1CCCC1)N[C@H]1C[C@H]2COc3cccc(c3)-c3ccccc3C(=O)NCC[C@@H](NC(=O)Cc3cccc4ccccc34)C(=O)N2C1. The third-order valence-corrected chi connectivity index (χ3v) is 9.97. The molecule has 3 N–H and O–H groups in total. The minimum absolute atomic E-state index is 0.0537. The van der Waals surface area contributed by atoms with Gasteiger partial charge >= 0.3 is 0 Å². The number of rotatable bonds is 6. The highest BCUT2D eigenvalue weighted by atomic mass is 16.5. The van der Waals surface area contributed by atoms with Gasteiger partial charge in [0.2, 0.25) is 17.7 Å². The van der Waals surface area contributed by atoms with Crippen molar-refractivity contribution in [3.63, 3.8) is 0 Å². The van der Waals surface area contributed by atoms with Crippen molar-refractivity contribution in [1.82, 2.24) is 25.8 Å². The fraction of sp³-hybridized carbons (Fsp3) is 0.350. The third kappa shape index (κ3) is 7.65. The number of carbonyl (C=O) groups excluding carboxylic acids is 4. The Bertz CT molecular complexity index is 1880. The number of nitrogens with one attached hydrogen (secondary N) is 3. The first-order chi connectivity index (χ1) is 24.4. The number of likely N-dealkylation sites (tertiary alicyclic amines) is 1. The molecule has 3 heterocycles. The largest absolute Gasteiger partial charge is 0.491 e. The van der Waals surface area contributed by atoms with Crippen molar-refractivity contribution >= 4 is 34.4 Å². The Morgan fingerprint density at radius 1 is 0.840 bits per heavy atom. The van der Waals surface area contributed by atoms with Crippen molar-refractivity contribution in [3.05, 3.63) is 102 Å². The van der Waals surface area contributed by atoms with Crippen LogP contribution in [0.5, 0.6) is 5.75 Å². The summed E-state index contributed by atoms with van der Waals surface area (Å²) in [6.45, 7) is 2.85. The van der Waals surface area contributed by atoms with Crippen LogP contribution < -0.4 is 20.7 Å². The fourth-order valence-electron chi connectivity index (χ4n) is 7.49. The minimum atomic E-state index is -0.902. The van der Waals surface area contributed by atoms with E-state index in [0.717, 1.165) is 53.4 Å². The molecule has 3 atom stereocenters. The van der Waals surface area contributed by atoms with Crippen molar-refractivity contribution in [1.29, 1.82) is 0 Å². The molecule has 0 aliphatic carbocycles. The van der Waals surface area contributed by atoms with Crippen LogP contribution in [0.4, 0.5) is 0 Å². The summed E-state index contributed by atoms with van der Waals surface area (Å²) >= 11 is 0. The van der Waals surface area contributed by atoms with Gasteiger partial charge in [-0.1, -0.05) is 72.8 Å². The van der Waals surface area contributed by atoms with E-state index in [1.54, 1.807) is 11.0 Å². The molecular weight excluding hydrogens is 630 g/mol. The smallest absolute Gasteiger partial charge is 0.251 e. The zero-order valence-corrected chi connectivity index (χ0v) is 28.1. The van der Waals surface area contributed by atoms with Gasteiger partial charge < -0.3 is 25.6 Å². The van der Waals surface area contributed by atoms with Crippen molar-refractivity contribution in [2.75, 3.05) is 39.3 Å². The number of hydrogen-bond donors (Lipinski definition) is 3. The van der Waals surface area contributed by atoms with E-state index < -0.39 is 6.04 Å². The quantitative estimate of drug-likeness (QED) is 0.286. The number of amides is 4. The summed E-state index contributed by atoms with van der Waals surface area (Å²) in [4.78, 5) is 58.5. The van der Waals surface area contributed by atoms with Crippen LogP contribution in [-0.2, 0) is 20.8 Å². The second kappa shape index (κ2) is 15.1. The van der Waals surface area contributed by atoms with Gasteiger partial charge in [0, 0.05) is 24.7 Å². The maximum atomic E-state index is 14.5. The van der Waals surface area contributed by atoms with Gasteiger partial charge in [0.05, 0.1) is 19.0 Å². The van der Waals surface area contributed by atoms with Crippen molar-refractivity contribution < 1.29 is 23.9 Å². The summed E-state index contributed by atoms with van der Waals surface area (Å²) < 4.78 is 6.32. The summed E-state index contributed by atoms with van der Waals surface area (Å²) in [6, 6.07) is 27.2. The Kier molecular flexibility index (Phi) is 10.1. The van der Waals surface area contributed by atoms with E-state index in [4.69, 9.17) is 4.74 Å². The lowest BCUT2D eigenvalue weighted by Crippen LogP contribution is -2.53. The van der Waals surface area contributed by atoms with Gasteiger partial charge in [-0.25, -0.2) is 0 Å². The topological polar surface area (TPSA) is 120 Å². The molecule has 3 aliphatic rings. The summed E-state index contributed by atoms with van der Waals surface area (Å²) in [5, 5.41) is 11.2. The highest BCUT2D eigenvalue weighted by Gasteiger charge is 2.39. The Hall–Kier alpha value is -5.22. The zero-order chi connectivity index (χ0) is 34.5. The number of nitrogens with zero attached hydrogens (tertiary/aromatic N) is 2. The molecule has 50 heavy (non-hydrogen) atoms. The molecule has 0 aromatic heterocycles. The first-order valence-electron chi connectivity index (χ1n) is 17.6. The number of benzene rings is 4. The summed E-state index contributed by atoms with van der Waals surface area (Å²) in [7, 11) is 0. The van der Waals surface area contributed by atoms with Crippen LogP contribution in [0.1, 0.15) is 41.6 Å². The average molecular weight is 674 g/mol. The van der Waals surface area contributed by atoms with Gasteiger partial charge in [0.1, 0.15) is 18.4 Å². The number of fused-ring (bicyclic) bond motifs is 6. The first kappa shape index (κ1) is 33.3. The second-order valence-corrected chi connectivity index (χ2v) is 13.5. The Labute approximate surface area is 292 Å². The summed E-state index contributed by atoms with van der Waals surface area (Å²) in [6.07, 6.45) is 3.01. The van der Waals surface area contributed by atoms with Crippen LogP contribution in [0.25, 0.3) is 21.9 Å². The maximum absolute atomic E-state index is 14.5. The van der Waals surface area contributed by atoms with Crippen LogP contribution >= 0.6 is 0 Å². The third-order valence-electron chi connectivity index (χ3n) is 9.97. The van der Waals surface area contributed by atoms with Crippen LogP contribution in [0.15, 0.2) is 91.0 Å². The molecular formula is C40H43N5O5. The molecule has 2 saturated heterocycles. The van der Waals surface area contributed by atoms with E-state index in [0.29, 0.717) is 30.8 Å². The van der Waals surface area contributed by atoms with Crippen molar-refractivity contribution in [2.45, 2.75) is 50.2 Å². The predicted molar refractivity (Wildman–Crippen MR) is 192 cm³/mol. The molecule has 0 spiro atoms. The van der Waals surface area contributed by atoms with Gasteiger partial charge in [0.25, 0.3) is 5.91 Å². The maximum Gasteiger partial charge on any atom is 0.251 e. The highest BCUT2D eigenvalue weighted by Crippen LogP contribution is 2.29. The standard InChI is InChI=1S/C40H43N5O5/c46-37(22-29-11-7-10-27-9-1-2-14-33(27)29)43-36-17-18-41-39(48)35-16-4-3-15-34(35)28-12-8-13-32(21-28)50-26-31-23-30(24-45(31)40(36)49)42-38(47)25-44-19-5-6-20-44/h1-4,7-16,21,30-31,36H,5-6,17-20,22-26H2,(H,41,48)(H,42,47)(H,43,46)/t30-,31-,36+/m0/s1. The predicted octanol–water partition coefficient (Wildman–Crippen LogP) is 3.93. The lowest BCUT2D eigenvalue weighted by molar-refractivity contribution is -0.137. The fourth-order valence-corrected chi connectivity index (χ4v) is 7.49. The zero-order valence-electron chi connectivity index (χ0n) is 28.1. The Morgan fingerprint density at radius 3 is 2.46 bits per heavy atom. The monoisotopic (exact) mass is 673 g/mol. The van der Waals surface area contributed by atoms with E-state index in [-0.39, 0.29) is 61.7 Å². The van der Waals surface area contributed by atoms with E-state index >= 15 is 0 Å². The molecule has 3 aliphatic heterocycles. The normalized spacial score (nSPS) is 21.3. The average Bonchev–Trinajstić information content (AvgIpc) is 3.79. The lowest BCUT2D eigenvalue weighted by Gasteiger charge is -2.29. The van der Waals surface area contributed by atoms with Gasteiger partial charge in [0.15, 0.2) is 0 Å². The molecule has 258 valence electrons. The molecule has 4 aromatic carbocycles. The minimum Gasteiger partial charge on any atom is -0.491 e. The van der Waals surface area contributed by atoms with Gasteiger partial charge in [-0.15, -0.1) is 0 Å². The lowest BCUT2D eigenvalue weighted by atomic mass is 9.99. The van der Waals surface area contributed by atoms with E-state index in [1.165, 1.54) is 0 Å². The van der Waals surface area contributed by atoms with Crippen LogP contribution in [0.3, 0.4) is 0 Å². The molecule has 2 bridgehead atoms. The molecule has 4 amide bonds. The first-order valence-corrected chi connectivity index (χ1v) is 17.6. The number of hydrogen-bond acceptors (Lipinski definition) is 6. The number of ether oxygens (including phenoxy) is 1.